The number of aromatic nitrogens is 1. The Kier molecular flexibility index (Phi) is 5.30. The molecule has 0 atom stereocenters. The molecule has 0 radical (unpaired) electrons. The normalized spacial score (nSPS) is 10.7. The minimum absolute atomic E-state index is 0.858. The predicted octanol–water partition coefficient (Wildman–Crippen LogP) is 2.17. The number of rotatable bonds is 7. The molecule has 0 spiro atoms. The number of oxazole rings is 1. The third-order valence-electron chi connectivity index (χ3n) is 2.14. The van der Waals surface area contributed by atoms with Gasteiger partial charge in [0.1, 0.15) is 5.76 Å². The Morgan fingerprint density at radius 3 is 2.93 bits per heavy atom. The highest BCUT2D eigenvalue weighted by Gasteiger charge is 2.02. The number of nitrogens with one attached hydrogen (secondary N) is 1. The first-order chi connectivity index (χ1) is 6.86. The lowest BCUT2D eigenvalue weighted by Gasteiger charge is -1.97. The molecule has 1 heterocycles. The van der Waals surface area contributed by atoms with Crippen LogP contribution in [0.4, 0.5) is 0 Å². The van der Waals surface area contributed by atoms with Crippen molar-refractivity contribution in [2.45, 2.75) is 39.5 Å². The molecule has 14 heavy (non-hydrogen) atoms. The minimum Gasteiger partial charge on any atom is -0.446 e. The average molecular weight is 196 g/mol. The average Bonchev–Trinajstić information content (AvgIpc) is 2.63. The van der Waals surface area contributed by atoms with Gasteiger partial charge in [0.2, 0.25) is 0 Å². The molecule has 0 aliphatic heterocycles. The zero-order valence-electron chi connectivity index (χ0n) is 9.18. The van der Waals surface area contributed by atoms with Gasteiger partial charge in [-0.25, -0.2) is 4.98 Å². The van der Waals surface area contributed by atoms with Crippen LogP contribution in [-0.2, 0) is 12.8 Å². The van der Waals surface area contributed by atoms with E-state index in [1.807, 2.05) is 6.20 Å². The monoisotopic (exact) mass is 196 g/mol. The van der Waals surface area contributed by atoms with Gasteiger partial charge in [-0.15, -0.1) is 0 Å². The quantitative estimate of drug-likeness (QED) is 0.679. The molecule has 0 aromatic carbocycles. The van der Waals surface area contributed by atoms with Crippen molar-refractivity contribution in [3.8, 4) is 0 Å². The van der Waals surface area contributed by atoms with Crippen LogP contribution in [0.25, 0.3) is 0 Å². The maximum absolute atomic E-state index is 5.58. The second-order valence-electron chi connectivity index (χ2n) is 3.43. The Labute approximate surface area is 85.9 Å². The number of unbranched alkanes of at least 4 members (excludes halogenated alkanes) is 1. The molecule has 3 nitrogen and oxygen atoms in total. The second kappa shape index (κ2) is 6.60. The fraction of sp³-hybridized carbons (Fsp3) is 0.727. The van der Waals surface area contributed by atoms with Gasteiger partial charge in [0, 0.05) is 19.4 Å². The van der Waals surface area contributed by atoms with Crippen LogP contribution in [0.2, 0.25) is 0 Å². The molecule has 1 aromatic rings. The largest absolute Gasteiger partial charge is 0.446 e. The topological polar surface area (TPSA) is 38.1 Å². The zero-order chi connectivity index (χ0) is 10.2. The number of aryl methyl sites for hydroxylation is 1. The van der Waals surface area contributed by atoms with Gasteiger partial charge >= 0.3 is 0 Å². The van der Waals surface area contributed by atoms with Gasteiger partial charge in [0.05, 0.1) is 6.20 Å². The first kappa shape index (κ1) is 11.2. The predicted molar refractivity (Wildman–Crippen MR) is 57.4 cm³/mol. The standard InChI is InChI=1S/C11H20N2O/c1-3-5-6-10-9-13-11(14-10)7-8-12-4-2/h9,12H,3-8H2,1-2H3. The van der Waals surface area contributed by atoms with Crippen molar-refractivity contribution in [1.29, 1.82) is 0 Å². The Balaban J connectivity index is 2.27. The van der Waals surface area contributed by atoms with E-state index in [9.17, 15) is 0 Å². The SMILES string of the molecule is CCCCc1cnc(CCNCC)o1. The molecule has 0 amide bonds. The summed E-state index contributed by atoms with van der Waals surface area (Å²) < 4.78 is 5.58. The summed E-state index contributed by atoms with van der Waals surface area (Å²) in [4.78, 5) is 4.23. The number of hydrogen-bond acceptors (Lipinski definition) is 3. The van der Waals surface area contributed by atoms with Crippen molar-refractivity contribution in [1.82, 2.24) is 10.3 Å². The first-order valence-electron chi connectivity index (χ1n) is 5.51. The summed E-state index contributed by atoms with van der Waals surface area (Å²) in [6, 6.07) is 0. The summed E-state index contributed by atoms with van der Waals surface area (Å²) in [5.74, 6) is 1.88. The number of hydrogen-bond donors (Lipinski definition) is 1. The van der Waals surface area contributed by atoms with Crippen LogP contribution in [0.1, 0.15) is 38.3 Å². The summed E-state index contributed by atoms with van der Waals surface area (Å²) in [5.41, 5.74) is 0. The Morgan fingerprint density at radius 2 is 2.21 bits per heavy atom. The number of likely N-dealkylation sites (N-methyl/N-ethyl adjacent to an activating group) is 1. The number of nitrogens with zero attached hydrogens (tertiary/aromatic N) is 1. The second-order valence-corrected chi connectivity index (χ2v) is 3.43. The Morgan fingerprint density at radius 1 is 1.36 bits per heavy atom. The first-order valence-corrected chi connectivity index (χ1v) is 5.51. The summed E-state index contributed by atoms with van der Waals surface area (Å²) in [5, 5.41) is 3.25. The van der Waals surface area contributed by atoms with Crippen LogP contribution in [0.15, 0.2) is 10.6 Å². The lowest BCUT2D eigenvalue weighted by Crippen LogP contribution is -2.16. The molecule has 0 unspecified atom stereocenters. The molecule has 1 N–H and O–H groups in total. The minimum atomic E-state index is 0.858. The van der Waals surface area contributed by atoms with Gasteiger partial charge in [-0.1, -0.05) is 20.3 Å². The third-order valence-corrected chi connectivity index (χ3v) is 2.14. The molecule has 0 saturated heterocycles. The van der Waals surface area contributed by atoms with Crippen molar-refractivity contribution in [3.05, 3.63) is 17.8 Å². The van der Waals surface area contributed by atoms with E-state index in [1.54, 1.807) is 0 Å². The van der Waals surface area contributed by atoms with Crippen LogP contribution < -0.4 is 5.32 Å². The molecule has 1 rings (SSSR count). The molecular weight excluding hydrogens is 176 g/mol. The van der Waals surface area contributed by atoms with Gasteiger partial charge in [0.25, 0.3) is 0 Å². The lowest BCUT2D eigenvalue weighted by molar-refractivity contribution is 0.444. The Bertz CT molecular complexity index is 245. The van der Waals surface area contributed by atoms with Crippen LogP contribution in [-0.4, -0.2) is 18.1 Å². The van der Waals surface area contributed by atoms with Crippen molar-refractivity contribution in [2.75, 3.05) is 13.1 Å². The van der Waals surface area contributed by atoms with E-state index < -0.39 is 0 Å². The molecule has 0 bridgehead atoms. The molecule has 80 valence electrons. The maximum atomic E-state index is 5.58. The van der Waals surface area contributed by atoms with Gasteiger partial charge in [-0.3, -0.25) is 0 Å². The maximum Gasteiger partial charge on any atom is 0.195 e. The molecule has 0 aliphatic rings. The summed E-state index contributed by atoms with van der Waals surface area (Å²) in [6.07, 6.45) is 6.15. The van der Waals surface area contributed by atoms with Gasteiger partial charge < -0.3 is 9.73 Å². The van der Waals surface area contributed by atoms with Crippen LogP contribution in [0.5, 0.6) is 0 Å². The molecule has 0 aliphatic carbocycles. The van der Waals surface area contributed by atoms with Crippen molar-refractivity contribution >= 4 is 0 Å². The fourth-order valence-electron chi connectivity index (χ4n) is 1.30. The van der Waals surface area contributed by atoms with Gasteiger partial charge in [-0.2, -0.15) is 0 Å². The van der Waals surface area contributed by atoms with E-state index in [-0.39, 0.29) is 0 Å². The molecule has 0 saturated carbocycles. The van der Waals surface area contributed by atoms with Crippen LogP contribution in [0, 0.1) is 0 Å². The van der Waals surface area contributed by atoms with E-state index in [0.717, 1.165) is 37.6 Å². The van der Waals surface area contributed by atoms with Crippen LogP contribution in [0.3, 0.4) is 0 Å². The van der Waals surface area contributed by atoms with E-state index in [0.29, 0.717) is 0 Å². The van der Waals surface area contributed by atoms with Crippen molar-refractivity contribution in [3.63, 3.8) is 0 Å². The summed E-state index contributed by atoms with van der Waals surface area (Å²) >= 11 is 0. The molecule has 0 fully saturated rings. The van der Waals surface area contributed by atoms with Gasteiger partial charge in [0.15, 0.2) is 5.89 Å². The summed E-state index contributed by atoms with van der Waals surface area (Å²) in [7, 11) is 0. The highest BCUT2D eigenvalue weighted by Crippen LogP contribution is 2.07. The van der Waals surface area contributed by atoms with E-state index in [2.05, 4.69) is 24.1 Å². The Hall–Kier alpha value is -0.830. The van der Waals surface area contributed by atoms with Crippen molar-refractivity contribution in [2.24, 2.45) is 0 Å². The third kappa shape index (κ3) is 3.92. The van der Waals surface area contributed by atoms with E-state index >= 15 is 0 Å². The van der Waals surface area contributed by atoms with Gasteiger partial charge in [-0.05, 0) is 13.0 Å². The fourth-order valence-corrected chi connectivity index (χ4v) is 1.30. The molecular formula is C11H20N2O. The highest BCUT2D eigenvalue weighted by atomic mass is 16.4. The molecule has 3 heteroatoms. The lowest BCUT2D eigenvalue weighted by atomic mass is 10.2. The highest BCUT2D eigenvalue weighted by molar-refractivity contribution is 4.94. The summed E-state index contributed by atoms with van der Waals surface area (Å²) in [6.45, 7) is 6.23. The van der Waals surface area contributed by atoms with E-state index in [4.69, 9.17) is 4.42 Å². The zero-order valence-corrected chi connectivity index (χ0v) is 9.18. The molecule has 1 aromatic heterocycles. The smallest absolute Gasteiger partial charge is 0.195 e. The van der Waals surface area contributed by atoms with E-state index in [1.165, 1.54) is 12.8 Å². The van der Waals surface area contributed by atoms with Crippen LogP contribution >= 0.6 is 0 Å². The van der Waals surface area contributed by atoms with Crippen molar-refractivity contribution < 1.29 is 4.42 Å².